The third kappa shape index (κ3) is 6.64. The summed E-state index contributed by atoms with van der Waals surface area (Å²) in [4.78, 5) is 0. The second kappa shape index (κ2) is 11.3. The Bertz CT molecular complexity index is 466. The topological polar surface area (TPSA) is 46.2 Å². The highest BCUT2D eigenvalue weighted by atomic mass is 16.3. The summed E-state index contributed by atoms with van der Waals surface area (Å²) in [6.45, 7) is 4.50. The van der Waals surface area contributed by atoms with Gasteiger partial charge in [-0.05, 0) is 43.0 Å². The van der Waals surface area contributed by atoms with Gasteiger partial charge in [0.25, 0.3) is 0 Å². The molecular formula is C20H31NO. The summed E-state index contributed by atoms with van der Waals surface area (Å²) < 4.78 is 0. The van der Waals surface area contributed by atoms with Gasteiger partial charge >= 0.3 is 0 Å². The van der Waals surface area contributed by atoms with Gasteiger partial charge in [-0.15, -0.1) is 0 Å². The maximum Gasteiger partial charge on any atom is 0.0802 e. The van der Waals surface area contributed by atoms with Gasteiger partial charge < -0.3 is 10.8 Å². The first-order chi connectivity index (χ1) is 10.8. The molecule has 1 saturated carbocycles. The SMILES string of the molecule is CC.NCCC(O)c1cccc(C#CCCC2CCCC2)c1. The van der Waals surface area contributed by atoms with E-state index in [1.807, 2.05) is 38.1 Å². The van der Waals surface area contributed by atoms with Crippen molar-refractivity contribution in [1.29, 1.82) is 0 Å². The summed E-state index contributed by atoms with van der Waals surface area (Å²) in [5, 5.41) is 9.93. The molecule has 0 spiro atoms. The summed E-state index contributed by atoms with van der Waals surface area (Å²) in [7, 11) is 0. The van der Waals surface area contributed by atoms with Gasteiger partial charge in [0, 0.05) is 12.0 Å². The highest BCUT2D eigenvalue weighted by Gasteiger charge is 2.13. The van der Waals surface area contributed by atoms with Crippen LogP contribution in [0.4, 0.5) is 0 Å². The Morgan fingerprint density at radius 3 is 2.68 bits per heavy atom. The van der Waals surface area contributed by atoms with Gasteiger partial charge in [-0.2, -0.15) is 0 Å². The lowest BCUT2D eigenvalue weighted by molar-refractivity contribution is 0.170. The Balaban J connectivity index is 0.00000116. The summed E-state index contributed by atoms with van der Waals surface area (Å²) in [6.07, 6.45) is 7.94. The van der Waals surface area contributed by atoms with Crippen molar-refractivity contribution in [3.63, 3.8) is 0 Å². The minimum absolute atomic E-state index is 0.472. The van der Waals surface area contributed by atoms with Crippen molar-refractivity contribution in [2.24, 2.45) is 11.7 Å². The molecule has 22 heavy (non-hydrogen) atoms. The van der Waals surface area contributed by atoms with Crippen molar-refractivity contribution in [3.8, 4) is 11.8 Å². The van der Waals surface area contributed by atoms with E-state index >= 15 is 0 Å². The molecular weight excluding hydrogens is 270 g/mol. The molecule has 1 aromatic carbocycles. The molecule has 1 atom stereocenters. The Morgan fingerprint density at radius 2 is 2.00 bits per heavy atom. The van der Waals surface area contributed by atoms with Crippen LogP contribution in [-0.2, 0) is 0 Å². The Hall–Kier alpha value is -1.30. The van der Waals surface area contributed by atoms with Crippen LogP contribution in [0.25, 0.3) is 0 Å². The van der Waals surface area contributed by atoms with Crippen molar-refractivity contribution in [3.05, 3.63) is 35.4 Å². The molecule has 1 aromatic rings. The molecule has 2 nitrogen and oxygen atoms in total. The zero-order valence-electron chi connectivity index (χ0n) is 14.1. The van der Waals surface area contributed by atoms with Crippen LogP contribution in [-0.4, -0.2) is 11.7 Å². The number of hydrogen-bond donors (Lipinski definition) is 2. The predicted molar refractivity (Wildman–Crippen MR) is 94.5 cm³/mol. The van der Waals surface area contributed by atoms with E-state index in [9.17, 15) is 5.11 Å². The predicted octanol–water partition coefficient (Wildman–Crippen LogP) is 4.42. The van der Waals surface area contributed by atoms with Gasteiger partial charge in [0.15, 0.2) is 0 Å². The van der Waals surface area contributed by atoms with E-state index in [4.69, 9.17) is 5.73 Å². The fourth-order valence-electron chi connectivity index (χ4n) is 2.89. The first kappa shape index (κ1) is 18.7. The molecule has 1 aliphatic carbocycles. The van der Waals surface area contributed by atoms with Crippen LogP contribution in [0.5, 0.6) is 0 Å². The number of rotatable bonds is 5. The molecule has 0 saturated heterocycles. The fraction of sp³-hybridized carbons (Fsp3) is 0.600. The third-order valence-corrected chi connectivity index (χ3v) is 4.10. The Labute approximate surface area is 136 Å². The zero-order valence-corrected chi connectivity index (χ0v) is 14.1. The smallest absolute Gasteiger partial charge is 0.0802 e. The van der Waals surface area contributed by atoms with Crippen molar-refractivity contribution in [2.45, 2.75) is 64.9 Å². The van der Waals surface area contributed by atoms with Gasteiger partial charge in [0.1, 0.15) is 0 Å². The maximum absolute atomic E-state index is 9.93. The Kier molecular flexibility index (Phi) is 9.62. The zero-order chi connectivity index (χ0) is 16.2. The van der Waals surface area contributed by atoms with E-state index in [0.717, 1.165) is 23.5 Å². The highest BCUT2D eigenvalue weighted by molar-refractivity contribution is 5.37. The average Bonchev–Trinajstić information content (AvgIpc) is 3.07. The molecule has 2 rings (SSSR count). The summed E-state index contributed by atoms with van der Waals surface area (Å²) in [6, 6.07) is 7.87. The number of nitrogens with two attached hydrogens (primary N) is 1. The average molecular weight is 301 g/mol. The number of benzene rings is 1. The maximum atomic E-state index is 9.93. The molecule has 3 N–H and O–H groups in total. The van der Waals surface area contributed by atoms with Gasteiger partial charge in [-0.3, -0.25) is 0 Å². The van der Waals surface area contributed by atoms with E-state index in [-0.39, 0.29) is 0 Å². The lowest BCUT2D eigenvalue weighted by Gasteiger charge is -2.09. The second-order valence-corrected chi connectivity index (χ2v) is 5.71. The molecule has 122 valence electrons. The lowest BCUT2D eigenvalue weighted by atomic mass is 10.0. The molecule has 0 aliphatic heterocycles. The van der Waals surface area contributed by atoms with Crippen LogP contribution in [0.3, 0.4) is 0 Å². The largest absolute Gasteiger partial charge is 0.388 e. The molecule has 0 radical (unpaired) electrons. The number of aliphatic hydroxyl groups excluding tert-OH is 1. The molecule has 0 bridgehead atoms. The third-order valence-electron chi connectivity index (χ3n) is 4.10. The molecule has 1 fully saturated rings. The number of hydrogen-bond acceptors (Lipinski definition) is 2. The summed E-state index contributed by atoms with van der Waals surface area (Å²) in [5.74, 6) is 7.39. The molecule has 0 aromatic heterocycles. The van der Waals surface area contributed by atoms with Crippen molar-refractivity contribution >= 4 is 0 Å². The molecule has 2 heteroatoms. The monoisotopic (exact) mass is 301 g/mol. The van der Waals surface area contributed by atoms with Gasteiger partial charge in [-0.1, -0.05) is 63.5 Å². The fourth-order valence-corrected chi connectivity index (χ4v) is 2.89. The Morgan fingerprint density at radius 1 is 1.27 bits per heavy atom. The lowest BCUT2D eigenvalue weighted by Crippen LogP contribution is -2.06. The standard InChI is InChI=1S/C18H25NO.C2H6/c19-13-12-18(20)17-11-5-10-16(14-17)9-4-3-8-15-6-1-2-7-15;1-2/h5,10-11,14-15,18,20H,1-3,6-8,12-13,19H2;1-2H3. The van der Waals surface area contributed by atoms with Gasteiger partial charge in [-0.25, -0.2) is 0 Å². The van der Waals surface area contributed by atoms with Crippen LogP contribution >= 0.6 is 0 Å². The highest BCUT2D eigenvalue weighted by Crippen LogP contribution is 2.28. The van der Waals surface area contributed by atoms with Gasteiger partial charge in [0.2, 0.25) is 0 Å². The molecule has 1 aliphatic rings. The summed E-state index contributed by atoms with van der Waals surface area (Å²) >= 11 is 0. The van der Waals surface area contributed by atoms with Crippen LogP contribution in [0.15, 0.2) is 24.3 Å². The van der Waals surface area contributed by atoms with E-state index in [1.54, 1.807) is 0 Å². The van der Waals surface area contributed by atoms with E-state index in [2.05, 4.69) is 11.8 Å². The van der Waals surface area contributed by atoms with Crippen LogP contribution in [0, 0.1) is 17.8 Å². The normalized spacial score (nSPS) is 15.5. The van der Waals surface area contributed by atoms with Crippen LogP contribution in [0.1, 0.15) is 76.0 Å². The first-order valence-corrected chi connectivity index (χ1v) is 8.76. The first-order valence-electron chi connectivity index (χ1n) is 8.76. The van der Waals surface area contributed by atoms with Crippen LogP contribution < -0.4 is 5.73 Å². The van der Waals surface area contributed by atoms with Crippen LogP contribution in [0.2, 0.25) is 0 Å². The van der Waals surface area contributed by atoms with Crippen molar-refractivity contribution in [1.82, 2.24) is 0 Å². The van der Waals surface area contributed by atoms with E-state index in [1.165, 1.54) is 32.1 Å². The number of aliphatic hydroxyl groups is 1. The second-order valence-electron chi connectivity index (χ2n) is 5.71. The van der Waals surface area contributed by atoms with E-state index in [0.29, 0.717) is 13.0 Å². The van der Waals surface area contributed by atoms with Crippen molar-refractivity contribution < 1.29 is 5.11 Å². The minimum atomic E-state index is -0.472. The van der Waals surface area contributed by atoms with Crippen molar-refractivity contribution in [2.75, 3.05) is 6.54 Å². The molecule has 1 unspecified atom stereocenters. The molecule has 0 amide bonds. The van der Waals surface area contributed by atoms with E-state index < -0.39 is 6.10 Å². The summed E-state index contributed by atoms with van der Waals surface area (Å²) in [5.41, 5.74) is 7.38. The molecule has 0 heterocycles. The minimum Gasteiger partial charge on any atom is -0.388 e. The quantitative estimate of drug-likeness (QED) is 0.791. The van der Waals surface area contributed by atoms with Gasteiger partial charge in [0.05, 0.1) is 6.10 Å².